The summed E-state index contributed by atoms with van der Waals surface area (Å²) in [6.45, 7) is 0.524. The normalized spacial score (nSPS) is 10.3. The zero-order chi connectivity index (χ0) is 13.0. The van der Waals surface area contributed by atoms with Crippen LogP contribution in [0.1, 0.15) is 6.42 Å². The highest BCUT2D eigenvalue weighted by molar-refractivity contribution is 14.1. The van der Waals surface area contributed by atoms with Crippen LogP contribution in [0, 0.1) is 9.39 Å². The Morgan fingerprint density at radius 1 is 1.50 bits per heavy atom. The quantitative estimate of drug-likeness (QED) is 0.854. The molecule has 0 aliphatic heterocycles. The van der Waals surface area contributed by atoms with Crippen LogP contribution >= 0.6 is 22.6 Å². The zero-order valence-electron chi connectivity index (χ0n) is 9.44. The van der Waals surface area contributed by atoms with Crippen molar-refractivity contribution in [1.29, 1.82) is 0 Å². The average molecular weight is 359 g/mol. The van der Waals surface area contributed by atoms with Crippen molar-refractivity contribution in [2.75, 3.05) is 5.32 Å². The Labute approximate surface area is 117 Å². The predicted molar refractivity (Wildman–Crippen MR) is 74.6 cm³/mol. The Kier molecular flexibility index (Phi) is 4.29. The van der Waals surface area contributed by atoms with Crippen LogP contribution in [-0.4, -0.2) is 15.7 Å². The fraction of sp³-hybridized carbons (Fsp3) is 0.167. The van der Waals surface area contributed by atoms with Crippen molar-refractivity contribution >= 4 is 34.2 Å². The molecule has 18 heavy (non-hydrogen) atoms. The largest absolute Gasteiger partial charge is 0.325 e. The van der Waals surface area contributed by atoms with Gasteiger partial charge < -0.3 is 5.32 Å². The van der Waals surface area contributed by atoms with Gasteiger partial charge in [0.1, 0.15) is 5.82 Å². The van der Waals surface area contributed by atoms with Gasteiger partial charge in [-0.3, -0.25) is 9.48 Å². The Morgan fingerprint density at radius 2 is 2.33 bits per heavy atom. The minimum atomic E-state index is -0.311. The molecule has 4 nitrogen and oxygen atoms in total. The molecule has 0 fully saturated rings. The summed E-state index contributed by atoms with van der Waals surface area (Å²) in [6.07, 6.45) is 3.80. The van der Waals surface area contributed by atoms with Gasteiger partial charge in [0.25, 0.3) is 0 Å². The number of anilines is 1. The third-order valence-electron chi connectivity index (χ3n) is 2.33. The van der Waals surface area contributed by atoms with E-state index in [9.17, 15) is 9.18 Å². The first-order valence-electron chi connectivity index (χ1n) is 5.37. The Bertz CT molecular complexity index is 542. The molecule has 94 valence electrons. The van der Waals surface area contributed by atoms with E-state index in [1.807, 2.05) is 22.6 Å². The molecule has 0 spiro atoms. The number of carbonyl (C=O) groups is 1. The van der Waals surface area contributed by atoms with Crippen LogP contribution in [0.2, 0.25) is 0 Å². The van der Waals surface area contributed by atoms with E-state index in [2.05, 4.69) is 10.4 Å². The van der Waals surface area contributed by atoms with E-state index in [0.29, 0.717) is 22.2 Å². The number of hydrogen-bond acceptors (Lipinski definition) is 2. The molecular weight excluding hydrogens is 348 g/mol. The van der Waals surface area contributed by atoms with Gasteiger partial charge >= 0.3 is 0 Å². The molecule has 1 aromatic heterocycles. The molecule has 0 bridgehead atoms. The van der Waals surface area contributed by atoms with Gasteiger partial charge in [-0.15, -0.1) is 0 Å². The molecule has 2 aromatic rings. The first-order valence-corrected chi connectivity index (χ1v) is 6.45. The molecule has 0 aliphatic rings. The lowest BCUT2D eigenvalue weighted by Crippen LogP contribution is -2.15. The van der Waals surface area contributed by atoms with E-state index in [4.69, 9.17) is 0 Å². The molecule has 1 aromatic carbocycles. The van der Waals surface area contributed by atoms with E-state index < -0.39 is 0 Å². The molecular formula is C12H11FIN3O. The number of halogens is 2. The van der Waals surface area contributed by atoms with E-state index in [1.165, 1.54) is 12.1 Å². The maximum Gasteiger partial charge on any atom is 0.226 e. The molecule has 1 N–H and O–H groups in total. The molecule has 0 aliphatic carbocycles. The summed E-state index contributed by atoms with van der Waals surface area (Å²) in [5.74, 6) is -0.427. The lowest BCUT2D eigenvalue weighted by atomic mass is 10.3. The highest BCUT2D eigenvalue weighted by Crippen LogP contribution is 2.19. The number of amides is 1. The minimum absolute atomic E-state index is 0.116. The molecule has 0 atom stereocenters. The number of hydrogen-bond donors (Lipinski definition) is 1. The molecule has 0 saturated carbocycles. The summed E-state index contributed by atoms with van der Waals surface area (Å²) in [4.78, 5) is 11.7. The lowest BCUT2D eigenvalue weighted by molar-refractivity contribution is -0.116. The fourth-order valence-electron chi connectivity index (χ4n) is 1.45. The number of aryl methyl sites for hydroxylation is 1. The SMILES string of the molecule is O=C(CCn1cccn1)Nc1ccc(F)cc1I. The van der Waals surface area contributed by atoms with E-state index in [-0.39, 0.29) is 11.7 Å². The molecule has 0 unspecified atom stereocenters. The van der Waals surface area contributed by atoms with Crippen molar-refractivity contribution in [3.8, 4) is 0 Å². The summed E-state index contributed by atoms with van der Waals surface area (Å²) in [5, 5.41) is 6.76. The second kappa shape index (κ2) is 5.94. The highest BCUT2D eigenvalue weighted by atomic mass is 127. The summed E-state index contributed by atoms with van der Waals surface area (Å²) in [7, 11) is 0. The van der Waals surface area contributed by atoms with Crippen LogP contribution in [0.5, 0.6) is 0 Å². The molecule has 6 heteroatoms. The summed E-state index contributed by atoms with van der Waals surface area (Å²) < 4.78 is 15.3. The molecule has 0 saturated heterocycles. The average Bonchev–Trinajstić information content (AvgIpc) is 2.83. The maximum atomic E-state index is 12.9. The molecule has 0 radical (unpaired) electrons. The lowest BCUT2D eigenvalue weighted by Gasteiger charge is -2.07. The Hall–Kier alpha value is -1.44. The zero-order valence-corrected chi connectivity index (χ0v) is 11.6. The van der Waals surface area contributed by atoms with Gasteiger partial charge in [-0.2, -0.15) is 5.10 Å². The summed E-state index contributed by atoms with van der Waals surface area (Å²) in [6, 6.07) is 6.07. The second-order valence-electron chi connectivity index (χ2n) is 3.69. The monoisotopic (exact) mass is 359 g/mol. The van der Waals surface area contributed by atoms with Crippen LogP contribution in [0.15, 0.2) is 36.7 Å². The summed E-state index contributed by atoms with van der Waals surface area (Å²) >= 11 is 1.99. The predicted octanol–water partition coefficient (Wildman–Crippen LogP) is 2.66. The van der Waals surface area contributed by atoms with Gasteiger partial charge in [0, 0.05) is 28.9 Å². The van der Waals surface area contributed by atoms with Gasteiger partial charge in [0.15, 0.2) is 0 Å². The van der Waals surface area contributed by atoms with E-state index in [0.717, 1.165) is 0 Å². The number of carbonyl (C=O) groups excluding carboxylic acids is 1. The second-order valence-corrected chi connectivity index (χ2v) is 4.85. The van der Waals surface area contributed by atoms with E-state index in [1.54, 1.807) is 29.2 Å². The number of rotatable bonds is 4. The first-order chi connectivity index (χ1) is 8.65. The third kappa shape index (κ3) is 3.52. The van der Waals surface area contributed by atoms with Gasteiger partial charge in [-0.25, -0.2) is 4.39 Å². The van der Waals surface area contributed by atoms with Gasteiger partial charge in [-0.1, -0.05) is 0 Å². The van der Waals surface area contributed by atoms with Crippen molar-refractivity contribution in [3.05, 3.63) is 46.0 Å². The highest BCUT2D eigenvalue weighted by Gasteiger charge is 2.06. The molecule has 2 rings (SSSR count). The van der Waals surface area contributed by atoms with Crippen molar-refractivity contribution in [3.63, 3.8) is 0 Å². The standard InChI is InChI=1S/C12H11FIN3O/c13-9-2-3-11(10(14)8-9)16-12(18)4-7-17-6-1-5-15-17/h1-3,5-6,8H,4,7H2,(H,16,18). The van der Waals surface area contributed by atoms with Crippen molar-refractivity contribution in [2.45, 2.75) is 13.0 Å². The van der Waals surface area contributed by atoms with Crippen molar-refractivity contribution in [2.24, 2.45) is 0 Å². The van der Waals surface area contributed by atoms with E-state index >= 15 is 0 Å². The van der Waals surface area contributed by atoms with Crippen LogP contribution in [-0.2, 0) is 11.3 Å². The number of benzene rings is 1. The van der Waals surface area contributed by atoms with Crippen LogP contribution in [0.25, 0.3) is 0 Å². The topological polar surface area (TPSA) is 46.9 Å². The van der Waals surface area contributed by atoms with Crippen molar-refractivity contribution in [1.82, 2.24) is 9.78 Å². The van der Waals surface area contributed by atoms with Crippen LogP contribution in [0.3, 0.4) is 0 Å². The van der Waals surface area contributed by atoms with Crippen molar-refractivity contribution < 1.29 is 9.18 Å². The molecule has 1 amide bonds. The smallest absolute Gasteiger partial charge is 0.226 e. The van der Waals surface area contributed by atoms with Crippen LogP contribution < -0.4 is 5.32 Å². The third-order valence-corrected chi connectivity index (χ3v) is 3.22. The fourth-order valence-corrected chi connectivity index (χ4v) is 2.06. The van der Waals surface area contributed by atoms with Gasteiger partial charge in [0.2, 0.25) is 5.91 Å². The number of aromatic nitrogens is 2. The minimum Gasteiger partial charge on any atom is -0.325 e. The van der Waals surface area contributed by atoms with Gasteiger partial charge in [0.05, 0.1) is 5.69 Å². The molecule has 1 heterocycles. The summed E-state index contributed by atoms with van der Waals surface area (Å²) in [5.41, 5.74) is 0.627. The van der Waals surface area contributed by atoms with Crippen LogP contribution in [0.4, 0.5) is 10.1 Å². The first kappa shape index (κ1) is 13.0. The Balaban J connectivity index is 1.91. The Morgan fingerprint density at radius 3 is 3.00 bits per heavy atom. The van der Waals surface area contributed by atoms with Gasteiger partial charge in [-0.05, 0) is 46.9 Å². The number of nitrogens with zero attached hydrogens (tertiary/aromatic N) is 2. The number of nitrogens with one attached hydrogen (secondary N) is 1. The maximum absolute atomic E-state index is 12.9.